The molecule has 0 spiro atoms. The van der Waals surface area contributed by atoms with Crippen molar-refractivity contribution >= 4 is 17.3 Å². The minimum Gasteiger partial charge on any atom is -0.311 e. The Morgan fingerprint density at radius 2 is 1.93 bits per heavy atom. The molecule has 1 amide bonds. The smallest absolute Gasteiger partial charge is 0.285 e. The molecule has 1 fully saturated rings. The highest BCUT2D eigenvalue weighted by molar-refractivity contribution is 5.97. The van der Waals surface area contributed by atoms with Gasteiger partial charge in [0, 0.05) is 37.5 Å². The molecule has 0 radical (unpaired) electrons. The van der Waals surface area contributed by atoms with E-state index in [2.05, 4.69) is 0 Å². The van der Waals surface area contributed by atoms with Crippen molar-refractivity contribution in [3.63, 3.8) is 0 Å². The van der Waals surface area contributed by atoms with Gasteiger partial charge in [-0.3, -0.25) is 24.6 Å². The van der Waals surface area contributed by atoms with Gasteiger partial charge in [0.25, 0.3) is 11.2 Å². The molecule has 1 aliphatic rings. The van der Waals surface area contributed by atoms with Crippen LogP contribution in [0.2, 0.25) is 0 Å². The summed E-state index contributed by atoms with van der Waals surface area (Å²) in [4.78, 5) is 38.9. The second-order valence-electron chi connectivity index (χ2n) is 6.64. The van der Waals surface area contributed by atoms with Crippen molar-refractivity contribution < 1.29 is 9.72 Å². The molecule has 1 aliphatic heterocycles. The predicted octanol–water partition coefficient (Wildman–Crippen LogP) is 1.88. The molecule has 3 rings (SSSR count). The fourth-order valence-electron chi connectivity index (χ4n) is 3.35. The van der Waals surface area contributed by atoms with E-state index in [9.17, 15) is 19.7 Å². The third-order valence-electron chi connectivity index (χ3n) is 4.88. The van der Waals surface area contributed by atoms with Crippen LogP contribution in [0.4, 0.5) is 11.4 Å². The summed E-state index contributed by atoms with van der Waals surface area (Å²) in [6, 6.07) is 11.7. The van der Waals surface area contributed by atoms with Crippen LogP contribution in [0.25, 0.3) is 0 Å². The van der Waals surface area contributed by atoms with E-state index in [4.69, 9.17) is 0 Å². The molecule has 8 heteroatoms. The summed E-state index contributed by atoms with van der Waals surface area (Å²) in [5.41, 5.74) is 0.464. The fraction of sp³-hybridized carbons (Fsp3) is 0.368. The van der Waals surface area contributed by atoms with Crippen LogP contribution < -0.4 is 10.5 Å². The first-order chi connectivity index (χ1) is 13.0. The Labute approximate surface area is 156 Å². The van der Waals surface area contributed by atoms with Crippen LogP contribution >= 0.6 is 0 Å². The summed E-state index contributed by atoms with van der Waals surface area (Å²) in [5, 5.41) is 10.9. The second-order valence-corrected chi connectivity index (χ2v) is 6.64. The van der Waals surface area contributed by atoms with E-state index in [1.54, 1.807) is 4.90 Å². The average molecular weight is 370 g/mol. The Balaban J connectivity index is 1.68. The molecule has 0 bridgehead atoms. The van der Waals surface area contributed by atoms with Gasteiger partial charge in [0.05, 0.1) is 17.2 Å². The van der Waals surface area contributed by atoms with Crippen LogP contribution in [0.15, 0.2) is 53.5 Å². The lowest BCUT2D eigenvalue weighted by Gasteiger charge is -2.37. The topological polar surface area (TPSA) is 88.7 Å². The fourth-order valence-corrected chi connectivity index (χ4v) is 3.35. The van der Waals surface area contributed by atoms with Crippen LogP contribution in [0, 0.1) is 10.1 Å². The lowest BCUT2D eigenvalue weighted by molar-refractivity contribution is -0.385. The van der Waals surface area contributed by atoms with Crippen molar-refractivity contribution in [3.8, 4) is 0 Å². The zero-order valence-electron chi connectivity index (χ0n) is 15.2. The van der Waals surface area contributed by atoms with Gasteiger partial charge in [-0.2, -0.15) is 0 Å². The van der Waals surface area contributed by atoms with Crippen molar-refractivity contribution in [3.05, 3.63) is 69.1 Å². The van der Waals surface area contributed by atoms with Gasteiger partial charge >= 0.3 is 0 Å². The molecule has 0 saturated carbocycles. The normalized spacial score (nSPS) is 17.3. The third-order valence-corrected chi connectivity index (χ3v) is 4.88. The first kappa shape index (κ1) is 18.8. The minimum atomic E-state index is -0.526. The van der Waals surface area contributed by atoms with E-state index in [1.807, 2.05) is 42.3 Å². The number of carbonyl (C=O) groups is 1. The van der Waals surface area contributed by atoms with Gasteiger partial charge in [-0.25, -0.2) is 0 Å². The van der Waals surface area contributed by atoms with E-state index in [0.29, 0.717) is 13.1 Å². The molecule has 0 aliphatic carbocycles. The maximum atomic E-state index is 12.9. The summed E-state index contributed by atoms with van der Waals surface area (Å²) in [6.45, 7) is 1.42. The molecule has 1 saturated heterocycles. The largest absolute Gasteiger partial charge is 0.311 e. The van der Waals surface area contributed by atoms with E-state index in [-0.39, 0.29) is 29.7 Å². The molecular formula is C19H22N4O4. The molecule has 27 heavy (non-hydrogen) atoms. The zero-order chi connectivity index (χ0) is 19.4. The van der Waals surface area contributed by atoms with Crippen molar-refractivity contribution in [2.24, 2.45) is 0 Å². The number of nitro groups is 1. The van der Waals surface area contributed by atoms with E-state index < -0.39 is 4.92 Å². The maximum absolute atomic E-state index is 12.9. The highest BCUT2D eigenvalue weighted by Crippen LogP contribution is 2.23. The quantitative estimate of drug-likeness (QED) is 0.572. The number of carbonyl (C=O) groups excluding carboxylic acids is 1. The van der Waals surface area contributed by atoms with Crippen LogP contribution in [-0.2, 0) is 11.3 Å². The number of para-hydroxylation sites is 1. The lowest BCUT2D eigenvalue weighted by atomic mass is 10.0. The number of piperidine rings is 1. The Bertz CT molecular complexity index is 881. The molecular weight excluding hydrogens is 348 g/mol. The Morgan fingerprint density at radius 3 is 2.63 bits per heavy atom. The van der Waals surface area contributed by atoms with E-state index >= 15 is 0 Å². The standard InChI is InChI=1S/C19H22N4O4/c1-20(12-13-21-14-16(23(26)27)9-10-18(21)24)17-8-5-11-22(19(17)25)15-6-3-2-4-7-15/h2-4,6-7,9-10,14,17H,5,8,11-13H2,1H3/t17-/m1/s1. The van der Waals surface area contributed by atoms with Crippen LogP contribution in [0.3, 0.4) is 0 Å². The summed E-state index contributed by atoms with van der Waals surface area (Å²) in [5.74, 6) is 0.0429. The van der Waals surface area contributed by atoms with Crippen LogP contribution in [0.1, 0.15) is 12.8 Å². The lowest BCUT2D eigenvalue weighted by Crippen LogP contribution is -2.52. The Hall–Kier alpha value is -3.00. The molecule has 1 atom stereocenters. The summed E-state index contributed by atoms with van der Waals surface area (Å²) in [7, 11) is 1.85. The van der Waals surface area contributed by atoms with Gasteiger partial charge in [0.1, 0.15) is 0 Å². The average Bonchev–Trinajstić information content (AvgIpc) is 2.67. The number of nitrogens with zero attached hydrogens (tertiary/aromatic N) is 4. The van der Waals surface area contributed by atoms with Gasteiger partial charge in [0.15, 0.2) is 0 Å². The van der Waals surface area contributed by atoms with Gasteiger partial charge in [-0.15, -0.1) is 0 Å². The third kappa shape index (κ3) is 4.22. The van der Waals surface area contributed by atoms with E-state index in [0.717, 1.165) is 18.5 Å². The maximum Gasteiger partial charge on any atom is 0.285 e. The number of benzene rings is 1. The van der Waals surface area contributed by atoms with Gasteiger partial charge in [-0.1, -0.05) is 18.2 Å². The van der Waals surface area contributed by atoms with Crippen molar-refractivity contribution in [2.75, 3.05) is 25.0 Å². The van der Waals surface area contributed by atoms with Crippen molar-refractivity contribution in [2.45, 2.75) is 25.4 Å². The monoisotopic (exact) mass is 370 g/mol. The number of likely N-dealkylation sites (N-methyl/N-ethyl adjacent to an activating group) is 1. The summed E-state index contributed by atoms with van der Waals surface area (Å²) in [6.07, 6.45) is 2.89. The van der Waals surface area contributed by atoms with Gasteiger partial charge in [-0.05, 0) is 32.0 Å². The van der Waals surface area contributed by atoms with Crippen LogP contribution in [0.5, 0.6) is 0 Å². The molecule has 142 valence electrons. The summed E-state index contributed by atoms with van der Waals surface area (Å²) < 4.78 is 1.32. The highest BCUT2D eigenvalue weighted by Gasteiger charge is 2.32. The van der Waals surface area contributed by atoms with Gasteiger partial charge in [0.2, 0.25) is 5.91 Å². The Kier molecular flexibility index (Phi) is 5.66. The number of amides is 1. The number of pyridine rings is 1. The predicted molar refractivity (Wildman–Crippen MR) is 102 cm³/mol. The Morgan fingerprint density at radius 1 is 1.19 bits per heavy atom. The molecule has 2 aromatic rings. The van der Waals surface area contributed by atoms with Gasteiger partial charge < -0.3 is 9.47 Å². The van der Waals surface area contributed by atoms with Crippen molar-refractivity contribution in [1.29, 1.82) is 0 Å². The second kappa shape index (κ2) is 8.13. The zero-order valence-corrected chi connectivity index (χ0v) is 15.2. The number of rotatable bonds is 6. The molecule has 1 aromatic carbocycles. The first-order valence-electron chi connectivity index (χ1n) is 8.89. The molecule has 0 N–H and O–H groups in total. The summed E-state index contributed by atoms with van der Waals surface area (Å²) >= 11 is 0. The number of hydrogen-bond donors (Lipinski definition) is 0. The molecule has 2 heterocycles. The van der Waals surface area contributed by atoms with Crippen LogP contribution in [-0.4, -0.2) is 46.5 Å². The number of aromatic nitrogens is 1. The molecule has 8 nitrogen and oxygen atoms in total. The van der Waals surface area contributed by atoms with Crippen molar-refractivity contribution in [1.82, 2.24) is 9.47 Å². The van der Waals surface area contributed by atoms with E-state index in [1.165, 1.54) is 22.9 Å². The first-order valence-corrected chi connectivity index (χ1v) is 8.89. The highest BCUT2D eigenvalue weighted by atomic mass is 16.6. The number of hydrogen-bond acceptors (Lipinski definition) is 5. The SMILES string of the molecule is CN(CCn1cc([N+](=O)[O-])ccc1=O)[C@@H]1CCCN(c2ccccc2)C1=O. The molecule has 0 unspecified atom stereocenters. The minimum absolute atomic E-state index is 0.0429. The number of anilines is 1. The molecule has 1 aromatic heterocycles.